The highest BCUT2D eigenvalue weighted by Crippen LogP contribution is 2.33. The van der Waals surface area contributed by atoms with Gasteiger partial charge in [-0.2, -0.15) is 0 Å². The fourth-order valence-corrected chi connectivity index (χ4v) is 3.70. The lowest BCUT2D eigenvalue weighted by atomic mass is 9.86. The van der Waals surface area contributed by atoms with Crippen molar-refractivity contribution in [3.8, 4) is 0 Å². The Kier molecular flexibility index (Phi) is 5.61. The van der Waals surface area contributed by atoms with Crippen LogP contribution in [0.3, 0.4) is 0 Å². The fourth-order valence-electron chi connectivity index (χ4n) is 3.70. The van der Waals surface area contributed by atoms with Crippen molar-refractivity contribution in [2.75, 3.05) is 5.32 Å². The Balaban J connectivity index is 1.73. The number of nitrogens with one attached hydrogen (secondary N) is 1. The Bertz CT molecular complexity index is 1090. The monoisotopic (exact) mass is 398 g/mol. The summed E-state index contributed by atoms with van der Waals surface area (Å²) in [6, 6.07) is 25.6. The highest BCUT2D eigenvalue weighted by Gasteiger charge is 2.33. The minimum absolute atomic E-state index is 0.157. The number of rotatable bonds is 5. The number of fused-ring (bicyclic) bond motifs is 1. The summed E-state index contributed by atoms with van der Waals surface area (Å²) < 4.78 is 5.59. The van der Waals surface area contributed by atoms with Crippen molar-refractivity contribution in [3.63, 3.8) is 0 Å². The molecule has 0 fully saturated rings. The van der Waals surface area contributed by atoms with Crippen LogP contribution in [0.25, 0.3) is 5.57 Å². The molecule has 5 nitrogen and oxygen atoms in total. The van der Waals surface area contributed by atoms with Crippen LogP contribution < -0.4 is 11.1 Å². The van der Waals surface area contributed by atoms with Gasteiger partial charge in [0.25, 0.3) is 0 Å². The zero-order chi connectivity index (χ0) is 20.9. The Morgan fingerprint density at radius 1 is 0.900 bits per heavy atom. The normalized spacial score (nSPS) is 16.7. The van der Waals surface area contributed by atoms with E-state index in [0.29, 0.717) is 23.1 Å². The third-order valence-corrected chi connectivity index (χ3v) is 5.14. The van der Waals surface area contributed by atoms with Crippen LogP contribution in [0.15, 0.2) is 90.5 Å². The van der Waals surface area contributed by atoms with Gasteiger partial charge in [-0.15, -0.1) is 0 Å². The van der Waals surface area contributed by atoms with Crippen LogP contribution >= 0.6 is 0 Å². The van der Waals surface area contributed by atoms with Gasteiger partial charge in [0.2, 0.25) is 5.91 Å². The minimum atomic E-state index is -0.800. The summed E-state index contributed by atoms with van der Waals surface area (Å²) in [4.78, 5) is 25.5. The maximum atomic E-state index is 13.1. The Labute approximate surface area is 175 Å². The number of carbonyl (C=O) groups excluding carboxylic acids is 2. The van der Waals surface area contributed by atoms with Crippen LogP contribution in [0.5, 0.6) is 0 Å². The van der Waals surface area contributed by atoms with Gasteiger partial charge in [0.15, 0.2) is 0 Å². The summed E-state index contributed by atoms with van der Waals surface area (Å²) in [5, 5.41) is 3.25. The predicted molar refractivity (Wildman–Crippen MR) is 116 cm³/mol. The van der Waals surface area contributed by atoms with E-state index in [2.05, 4.69) is 5.32 Å². The zero-order valence-electron chi connectivity index (χ0n) is 16.4. The maximum Gasteiger partial charge on any atom is 0.333 e. The van der Waals surface area contributed by atoms with E-state index in [4.69, 9.17) is 10.5 Å². The molecule has 0 radical (unpaired) electrons. The Morgan fingerprint density at radius 2 is 1.53 bits per heavy atom. The van der Waals surface area contributed by atoms with Crippen LogP contribution in [-0.4, -0.2) is 17.9 Å². The van der Waals surface area contributed by atoms with E-state index in [-0.39, 0.29) is 6.61 Å². The summed E-state index contributed by atoms with van der Waals surface area (Å²) >= 11 is 0. The van der Waals surface area contributed by atoms with E-state index in [1.807, 2.05) is 84.9 Å². The van der Waals surface area contributed by atoms with Crippen LogP contribution in [0.4, 0.5) is 5.69 Å². The smallest absolute Gasteiger partial charge is 0.333 e. The molecule has 0 aromatic heterocycles. The van der Waals surface area contributed by atoms with E-state index >= 15 is 0 Å². The number of carbonyl (C=O) groups is 2. The minimum Gasteiger partial charge on any atom is -0.459 e. The number of amides is 1. The topological polar surface area (TPSA) is 81.4 Å². The summed E-state index contributed by atoms with van der Waals surface area (Å²) in [5.41, 5.74) is 10.2. The molecular weight excluding hydrogens is 376 g/mol. The molecule has 1 aliphatic heterocycles. The van der Waals surface area contributed by atoms with Gasteiger partial charge in [-0.05, 0) is 34.8 Å². The summed E-state index contributed by atoms with van der Waals surface area (Å²) in [5.74, 6) is -1.02. The maximum absolute atomic E-state index is 13.1. The number of benzene rings is 3. The van der Waals surface area contributed by atoms with Gasteiger partial charge >= 0.3 is 5.97 Å². The highest BCUT2D eigenvalue weighted by molar-refractivity contribution is 6.21. The molecule has 0 saturated carbocycles. The standard InChI is InChI=1S/C25H22N2O3/c26-24(28)22(18-11-5-2-6-12-18)20-15-19-13-7-8-14-21(19)27-23(20)25(29)30-16-17-9-3-1-4-10-17/h1-14,23,27H,15-16H2,(H2,26,28)/b22-20-. The zero-order valence-corrected chi connectivity index (χ0v) is 16.4. The van der Waals surface area contributed by atoms with Gasteiger partial charge in [0.05, 0.1) is 0 Å². The molecule has 30 heavy (non-hydrogen) atoms. The number of ether oxygens (including phenoxy) is 1. The van der Waals surface area contributed by atoms with Crippen molar-refractivity contribution < 1.29 is 14.3 Å². The molecule has 3 aromatic rings. The third kappa shape index (κ3) is 4.10. The van der Waals surface area contributed by atoms with Crippen molar-refractivity contribution in [1.29, 1.82) is 0 Å². The molecule has 0 spiro atoms. The van der Waals surface area contributed by atoms with Crippen molar-refractivity contribution in [3.05, 3.63) is 107 Å². The van der Waals surface area contributed by atoms with Crippen molar-refractivity contribution in [1.82, 2.24) is 0 Å². The number of primary amides is 1. The van der Waals surface area contributed by atoms with Crippen LogP contribution in [0.1, 0.15) is 16.7 Å². The van der Waals surface area contributed by atoms with Crippen molar-refractivity contribution in [2.24, 2.45) is 5.73 Å². The van der Waals surface area contributed by atoms with Gasteiger partial charge in [-0.3, -0.25) is 4.79 Å². The van der Waals surface area contributed by atoms with Gasteiger partial charge in [0, 0.05) is 11.3 Å². The molecule has 3 aromatic carbocycles. The van der Waals surface area contributed by atoms with Gasteiger partial charge in [-0.1, -0.05) is 78.9 Å². The fraction of sp³-hybridized carbons (Fsp3) is 0.120. The molecule has 0 aliphatic carbocycles. The van der Waals surface area contributed by atoms with E-state index in [1.165, 1.54) is 0 Å². The Hall–Kier alpha value is -3.86. The van der Waals surface area contributed by atoms with E-state index in [9.17, 15) is 9.59 Å². The Morgan fingerprint density at radius 3 is 2.23 bits per heavy atom. The second kappa shape index (κ2) is 8.66. The first-order chi connectivity index (χ1) is 14.6. The molecule has 1 heterocycles. The molecular formula is C25H22N2O3. The third-order valence-electron chi connectivity index (χ3n) is 5.14. The van der Waals surface area contributed by atoms with Gasteiger partial charge < -0.3 is 15.8 Å². The van der Waals surface area contributed by atoms with E-state index in [1.54, 1.807) is 0 Å². The second-order valence-electron chi connectivity index (χ2n) is 7.14. The van der Waals surface area contributed by atoms with Gasteiger partial charge in [0.1, 0.15) is 12.6 Å². The largest absolute Gasteiger partial charge is 0.459 e. The van der Waals surface area contributed by atoms with E-state index in [0.717, 1.165) is 16.8 Å². The van der Waals surface area contributed by atoms with Crippen LogP contribution in [0, 0.1) is 0 Å². The van der Waals surface area contributed by atoms with Crippen molar-refractivity contribution >= 4 is 23.1 Å². The summed E-state index contributed by atoms with van der Waals surface area (Å²) in [6.45, 7) is 0.157. The average Bonchev–Trinajstić information content (AvgIpc) is 2.78. The second-order valence-corrected chi connectivity index (χ2v) is 7.14. The first-order valence-electron chi connectivity index (χ1n) is 9.77. The van der Waals surface area contributed by atoms with Crippen molar-refractivity contribution in [2.45, 2.75) is 19.1 Å². The number of nitrogens with two attached hydrogens (primary N) is 1. The number of hydrogen-bond donors (Lipinski definition) is 2. The molecule has 0 saturated heterocycles. The molecule has 1 unspecified atom stereocenters. The SMILES string of the molecule is NC(=O)/C(=C1/Cc2ccccc2NC1C(=O)OCc1ccccc1)c1ccccc1. The van der Waals surface area contributed by atoms with Crippen LogP contribution in [0.2, 0.25) is 0 Å². The molecule has 4 rings (SSSR count). The number of para-hydroxylation sites is 1. The number of hydrogen-bond acceptors (Lipinski definition) is 4. The lowest BCUT2D eigenvalue weighted by molar-refractivity contribution is -0.145. The first kappa shape index (κ1) is 19.5. The molecule has 1 amide bonds. The van der Waals surface area contributed by atoms with E-state index < -0.39 is 17.9 Å². The quantitative estimate of drug-likeness (QED) is 0.507. The molecule has 150 valence electrons. The average molecular weight is 398 g/mol. The summed E-state index contributed by atoms with van der Waals surface area (Å²) in [6.07, 6.45) is 0.432. The lowest BCUT2D eigenvalue weighted by Crippen LogP contribution is -2.39. The summed E-state index contributed by atoms with van der Waals surface area (Å²) in [7, 11) is 0. The lowest BCUT2D eigenvalue weighted by Gasteiger charge is -2.30. The molecule has 3 N–H and O–H groups in total. The number of esters is 1. The highest BCUT2D eigenvalue weighted by atomic mass is 16.5. The van der Waals surface area contributed by atoms with Crippen LogP contribution in [-0.2, 0) is 27.4 Å². The molecule has 1 atom stereocenters. The first-order valence-corrected chi connectivity index (χ1v) is 9.77. The number of anilines is 1. The molecule has 5 heteroatoms. The molecule has 0 bridgehead atoms. The predicted octanol–water partition coefficient (Wildman–Crippen LogP) is 3.71. The van der Waals surface area contributed by atoms with Gasteiger partial charge in [-0.25, -0.2) is 4.79 Å². The molecule has 1 aliphatic rings.